The summed E-state index contributed by atoms with van der Waals surface area (Å²) in [5.74, 6) is 0.833. The molecule has 0 radical (unpaired) electrons. The molecule has 0 amide bonds. The highest BCUT2D eigenvalue weighted by Gasteiger charge is 2.15. The first kappa shape index (κ1) is 12.5. The molecule has 0 aliphatic carbocycles. The number of unbranched alkanes of at least 4 members (excludes halogenated alkanes) is 2. The molecule has 1 atom stereocenters. The molecular formula is C12H23N3. The number of hydrogen-bond donors (Lipinski definition) is 1. The Balaban J connectivity index is 1.93. The van der Waals surface area contributed by atoms with Gasteiger partial charge in [0.25, 0.3) is 0 Å². The van der Waals surface area contributed by atoms with Gasteiger partial charge in [0.1, 0.15) is 0 Å². The van der Waals surface area contributed by atoms with Gasteiger partial charge in [-0.3, -0.25) is 0 Å². The molecule has 1 aliphatic heterocycles. The fourth-order valence-corrected chi connectivity index (χ4v) is 2.20. The van der Waals surface area contributed by atoms with Crippen molar-refractivity contribution in [1.82, 2.24) is 10.2 Å². The number of likely N-dealkylation sites (tertiary alicyclic amines) is 1. The smallest absolute Gasteiger partial charge is 0.0621 e. The van der Waals surface area contributed by atoms with Crippen LogP contribution in [0.3, 0.4) is 0 Å². The van der Waals surface area contributed by atoms with Gasteiger partial charge in [0.2, 0.25) is 0 Å². The lowest BCUT2D eigenvalue weighted by Gasteiger charge is -2.29. The van der Waals surface area contributed by atoms with Gasteiger partial charge in [-0.25, -0.2) is 0 Å². The molecule has 0 saturated carbocycles. The van der Waals surface area contributed by atoms with Crippen LogP contribution in [-0.4, -0.2) is 38.1 Å². The number of nitriles is 1. The van der Waals surface area contributed by atoms with Gasteiger partial charge in [-0.05, 0) is 58.3 Å². The Bertz CT molecular complexity index is 198. The van der Waals surface area contributed by atoms with E-state index < -0.39 is 0 Å². The van der Waals surface area contributed by atoms with E-state index in [-0.39, 0.29) is 0 Å². The van der Waals surface area contributed by atoms with E-state index in [0.717, 1.165) is 31.8 Å². The first-order valence-corrected chi connectivity index (χ1v) is 6.09. The van der Waals surface area contributed by atoms with Crippen LogP contribution in [0.4, 0.5) is 0 Å². The van der Waals surface area contributed by atoms with Crippen LogP contribution < -0.4 is 5.32 Å². The van der Waals surface area contributed by atoms with Gasteiger partial charge in [-0.2, -0.15) is 5.26 Å². The van der Waals surface area contributed by atoms with Gasteiger partial charge >= 0.3 is 0 Å². The molecule has 1 saturated heterocycles. The van der Waals surface area contributed by atoms with E-state index in [1.54, 1.807) is 0 Å². The van der Waals surface area contributed by atoms with Crippen LogP contribution in [0.15, 0.2) is 0 Å². The summed E-state index contributed by atoms with van der Waals surface area (Å²) >= 11 is 0. The Morgan fingerprint density at radius 1 is 1.47 bits per heavy atom. The highest BCUT2D eigenvalue weighted by atomic mass is 15.1. The van der Waals surface area contributed by atoms with E-state index >= 15 is 0 Å². The molecule has 0 aromatic heterocycles. The standard InChI is InChI=1S/C12H23N3/c1-15-9-5-6-12(11-15)10-14-8-4-2-3-7-13/h12,14H,2-6,8-11H2,1H3. The highest BCUT2D eigenvalue weighted by molar-refractivity contribution is 4.73. The first-order valence-electron chi connectivity index (χ1n) is 6.09. The maximum atomic E-state index is 8.38. The molecule has 0 aromatic rings. The van der Waals surface area contributed by atoms with Crippen LogP contribution in [0.2, 0.25) is 0 Å². The number of hydrogen-bond acceptors (Lipinski definition) is 3. The molecular weight excluding hydrogens is 186 g/mol. The monoisotopic (exact) mass is 209 g/mol. The third-order valence-electron chi connectivity index (χ3n) is 3.05. The molecule has 1 rings (SSSR count). The average Bonchev–Trinajstić information content (AvgIpc) is 2.23. The maximum Gasteiger partial charge on any atom is 0.0621 e. The largest absolute Gasteiger partial charge is 0.316 e. The van der Waals surface area contributed by atoms with Gasteiger partial charge in [0, 0.05) is 13.0 Å². The Morgan fingerprint density at radius 2 is 2.33 bits per heavy atom. The zero-order valence-corrected chi connectivity index (χ0v) is 9.84. The van der Waals surface area contributed by atoms with Crippen LogP contribution in [0.25, 0.3) is 0 Å². The summed E-state index contributed by atoms with van der Waals surface area (Å²) in [4.78, 5) is 2.42. The van der Waals surface area contributed by atoms with Crippen molar-refractivity contribution in [2.24, 2.45) is 5.92 Å². The van der Waals surface area contributed by atoms with E-state index in [1.807, 2.05) is 0 Å². The van der Waals surface area contributed by atoms with Gasteiger partial charge in [0.05, 0.1) is 6.07 Å². The van der Waals surface area contributed by atoms with Crippen molar-refractivity contribution >= 4 is 0 Å². The molecule has 1 aliphatic rings. The third-order valence-corrected chi connectivity index (χ3v) is 3.05. The summed E-state index contributed by atoms with van der Waals surface area (Å²) in [7, 11) is 2.21. The van der Waals surface area contributed by atoms with Crippen LogP contribution in [0.5, 0.6) is 0 Å². The molecule has 86 valence electrons. The van der Waals surface area contributed by atoms with E-state index in [0.29, 0.717) is 6.42 Å². The fourth-order valence-electron chi connectivity index (χ4n) is 2.20. The second-order valence-corrected chi connectivity index (χ2v) is 4.59. The van der Waals surface area contributed by atoms with Crippen molar-refractivity contribution in [1.29, 1.82) is 5.26 Å². The zero-order chi connectivity index (χ0) is 10.9. The van der Waals surface area contributed by atoms with E-state index in [9.17, 15) is 0 Å². The minimum Gasteiger partial charge on any atom is -0.316 e. The van der Waals surface area contributed by atoms with Crippen LogP contribution in [-0.2, 0) is 0 Å². The van der Waals surface area contributed by atoms with Crippen molar-refractivity contribution in [3.63, 3.8) is 0 Å². The minimum atomic E-state index is 0.702. The second-order valence-electron chi connectivity index (χ2n) is 4.59. The summed E-state index contributed by atoms with van der Waals surface area (Å²) in [6, 6.07) is 2.18. The van der Waals surface area contributed by atoms with Crippen LogP contribution in [0.1, 0.15) is 32.1 Å². The third kappa shape index (κ3) is 5.76. The number of piperidine rings is 1. The van der Waals surface area contributed by atoms with Crippen molar-refractivity contribution in [3.05, 3.63) is 0 Å². The topological polar surface area (TPSA) is 39.1 Å². The first-order chi connectivity index (χ1) is 7.33. The summed E-state index contributed by atoms with van der Waals surface area (Å²) in [6.07, 6.45) is 5.59. The second kappa shape index (κ2) is 7.67. The molecule has 3 nitrogen and oxygen atoms in total. The fraction of sp³-hybridized carbons (Fsp3) is 0.917. The summed E-state index contributed by atoms with van der Waals surface area (Å²) in [5, 5.41) is 11.9. The number of nitrogens with zero attached hydrogens (tertiary/aromatic N) is 2. The van der Waals surface area contributed by atoms with E-state index in [4.69, 9.17) is 5.26 Å². The average molecular weight is 209 g/mol. The van der Waals surface area contributed by atoms with Gasteiger partial charge < -0.3 is 10.2 Å². The Hall–Kier alpha value is -0.590. The molecule has 1 unspecified atom stereocenters. The van der Waals surface area contributed by atoms with Crippen LogP contribution in [0, 0.1) is 17.2 Å². The lowest BCUT2D eigenvalue weighted by atomic mass is 9.98. The SMILES string of the molecule is CN1CCCC(CNCCCCC#N)C1. The van der Waals surface area contributed by atoms with E-state index in [2.05, 4.69) is 23.3 Å². The molecule has 1 fully saturated rings. The predicted octanol–water partition coefficient (Wildman–Crippen LogP) is 1.61. The molecule has 0 spiro atoms. The van der Waals surface area contributed by atoms with Gasteiger partial charge in [-0.15, -0.1) is 0 Å². The van der Waals surface area contributed by atoms with Crippen molar-refractivity contribution in [2.45, 2.75) is 32.1 Å². The summed E-state index contributed by atoms with van der Waals surface area (Å²) < 4.78 is 0. The lowest BCUT2D eigenvalue weighted by Crippen LogP contribution is -2.37. The molecule has 1 heterocycles. The number of nitrogens with one attached hydrogen (secondary N) is 1. The lowest BCUT2D eigenvalue weighted by molar-refractivity contribution is 0.206. The Morgan fingerprint density at radius 3 is 3.07 bits per heavy atom. The predicted molar refractivity (Wildman–Crippen MR) is 62.6 cm³/mol. The maximum absolute atomic E-state index is 8.38. The Kier molecular flexibility index (Phi) is 6.38. The zero-order valence-electron chi connectivity index (χ0n) is 9.84. The number of rotatable bonds is 6. The minimum absolute atomic E-state index is 0.702. The van der Waals surface area contributed by atoms with Gasteiger partial charge in [-0.1, -0.05) is 0 Å². The molecule has 0 aromatic carbocycles. The summed E-state index contributed by atoms with van der Waals surface area (Å²) in [5.41, 5.74) is 0. The molecule has 0 bridgehead atoms. The quantitative estimate of drug-likeness (QED) is 0.676. The van der Waals surface area contributed by atoms with E-state index in [1.165, 1.54) is 25.9 Å². The molecule has 3 heteroatoms. The molecule has 15 heavy (non-hydrogen) atoms. The highest BCUT2D eigenvalue weighted by Crippen LogP contribution is 2.13. The Labute approximate surface area is 93.5 Å². The molecule has 1 N–H and O–H groups in total. The van der Waals surface area contributed by atoms with Gasteiger partial charge in [0.15, 0.2) is 0 Å². The van der Waals surface area contributed by atoms with Crippen LogP contribution >= 0.6 is 0 Å². The van der Waals surface area contributed by atoms with Crippen molar-refractivity contribution in [2.75, 3.05) is 33.2 Å². The summed E-state index contributed by atoms with van der Waals surface area (Å²) in [6.45, 7) is 4.72. The normalized spacial score (nSPS) is 22.5. The van der Waals surface area contributed by atoms with Crippen molar-refractivity contribution < 1.29 is 0 Å². The van der Waals surface area contributed by atoms with Crippen molar-refractivity contribution in [3.8, 4) is 6.07 Å².